The third-order valence-electron chi connectivity index (χ3n) is 4.26. The van der Waals surface area contributed by atoms with Crippen LogP contribution in [0.1, 0.15) is 21.5 Å². The summed E-state index contributed by atoms with van der Waals surface area (Å²) in [5.74, 6) is 0.244. The molecule has 0 aliphatic rings. The molecule has 1 amide bonds. The number of hydrogen-bond acceptors (Lipinski definition) is 4. The van der Waals surface area contributed by atoms with Crippen molar-refractivity contribution in [3.63, 3.8) is 0 Å². The van der Waals surface area contributed by atoms with E-state index >= 15 is 0 Å². The normalized spacial score (nSPS) is 10.9. The number of carbonyl (C=O) groups excluding carboxylic acids is 1. The summed E-state index contributed by atoms with van der Waals surface area (Å²) < 4.78 is 5.75. The molecule has 0 aliphatic heterocycles. The smallest absolute Gasteiger partial charge is 0.257 e. The number of halogens is 1. The number of fused-ring (bicyclic) bond motifs is 1. The molecule has 0 saturated carbocycles. The zero-order chi connectivity index (χ0) is 19.0. The summed E-state index contributed by atoms with van der Waals surface area (Å²) in [6, 6.07) is 14.6. The molecule has 0 radical (unpaired) electrons. The van der Waals surface area contributed by atoms with E-state index in [1.807, 2.05) is 44.2 Å². The minimum Gasteiger partial charge on any atom is -0.434 e. The van der Waals surface area contributed by atoms with Crippen molar-refractivity contribution in [2.24, 2.45) is 0 Å². The molecule has 1 N–H and O–H groups in total. The number of aryl methyl sites for hydroxylation is 2. The van der Waals surface area contributed by atoms with Crippen molar-refractivity contribution >= 4 is 34.4 Å². The lowest BCUT2D eigenvalue weighted by Crippen LogP contribution is -2.13. The fraction of sp³-hybridized carbons (Fsp3) is 0.0952. The van der Waals surface area contributed by atoms with Gasteiger partial charge in [-0.2, -0.15) is 4.98 Å². The number of pyridine rings is 1. The molecular formula is C21H16ClN3O2. The highest BCUT2D eigenvalue weighted by atomic mass is 35.5. The summed E-state index contributed by atoms with van der Waals surface area (Å²) >= 11 is 6.19. The van der Waals surface area contributed by atoms with Gasteiger partial charge in [0, 0.05) is 17.4 Å². The average Bonchev–Trinajstić information content (AvgIpc) is 3.07. The molecule has 2 aromatic heterocycles. The lowest BCUT2D eigenvalue weighted by molar-refractivity contribution is 0.102. The Morgan fingerprint density at radius 2 is 1.96 bits per heavy atom. The van der Waals surface area contributed by atoms with Crippen molar-refractivity contribution in [2.75, 3.05) is 5.32 Å². The van der Waals surface area contributed by atoms with Gasteiger partial charge in [0.15, 0.2) is 11.2 Å². The molecule has 0 unspecified atom stereocenters. The first-order chi connectivity index (χ1) is 13.0. The monoisotopic (exact) mass is 377 g/mol. The standard InChI is InChI=1S/C21H16ClN3O2/c1-12-5-7-15(16(22)10-12)20(26)24-17-8-6-14(11-13(17)2)21-25-19-18(27-21)4-3-9-23-19/h3-11H,1-2H3,(H,24,26). The second kappa shape index (κ2) is 6.85. The van der Waals surface area contributed by atoms with Gasteiger partial charge in [0.05, 0.1) is 10.6 Å². The summed E-state index contributed by atoms with van der Waals surface area (Å²) in [7, 11) is 0. The van der Waals surface area contributed by atoms with Crippen molar-refractivity contribution < 1.29 is 9.21 Å². The summed E-state index contributed by atoms with van der Waals surface area (Å²) in [5.41, 5.74) is 5.06. The number of hydrogen-bond donors (Lipinski definition) is 1. The van der Waals surface area contributed by atoms with Gasteiger partial charge in [0.25, 0.3) is 5.91 Å². The molecule has 6 heteroatoms. The first-order valence-electron chi connectivity index (χ1n) is 8.41. The van der Waals surface area contributed by atoms with Crippen LogP contribution in [0.4, 0.5) is 5.69 Å². The molecule has 0 spiro atoms. The number of anilines is 1. The molecule has 4 aromatic rings. The molecule has 0 saturated heterocycles. The molecule has 2 aromatic carbocycles. The second-order valence-corrected chi connectivity index (χ2v) is 6.72. The van der Waals surface area contributed by atoms with E-state index in [9.17, 15) is 4.79 Å². The number of amides is 1. The van der Waals surface area contributed by atoms with Gasteiger partial charge in [-0.3, -0.25) is 4.79 Å². The van der Waals surface area contributed by atoms with Crippen LogP contribution in [0, 0.1) is 13.8 Å². The fourth-order valence-corrected chi connectivity index (χ4v) is 3.14. The predicted molar refractivity (Wildman–Crippen MR) is 106 cm³/mol. The Morgan fingerprint density at radius 3 is 2.70 bits per heavy atom. The van der Waals surface area contributed by atoms with E-state index in [0.29, 0.717) is 33.4 Å². The maximum atomic E-state index is 12.5. The van der Waals surface area contributed by atoms with Crippen molar-refractivity contribution in [2.45, 2.75) is 13.8 Å². The van der Waals surface area contributed by atoms with Crippen LogP contribution in [0.25, 0.3) is 22.7 Å². The molecule has 0 atom stereocenters. The first-order valence-corrected chi connectivity index (χ1v) is 8.79. The molecule has 0 fully saturated rings. The topological polar surface area (TPSA) is 68.0 Å². The van der Waals surface area contributed by atoms with Gasteiger partial charge < -0.3 is 9.73 Å². The Morgan fingerprint density at radius 1 is 1.11 bits per heavy atom. The number of nitrogens with zero attached hydrogens (tertiary/aromatic N) is 2. The highest BCUT2D eigenvalue weighted by Gasteiger charge is 2.14. The zero-order valence-electron chi connectivity index (χ0n) is 14.8. The third kappa shape index (κ3) is 3.41. The third-order valence-corrected chi connectivity index (χ3v) is 4.57. The van der Waals surface area contributed by atoms with Crippen molar-refractivity contribution in [3.05, 3.63) is 76.4 Å². The van der Waals surface area contributed by atoms with Gasteiger partial charge >= 0.3 is 0 Å². The van der Waals surface area contributed by atoms with Crippen LogP contribution in [-0.4, -0.2) is 15.9 Å². The molecule has 27 heavy (non-hydrogen) atoms. The van der Waals surface area contributed by atoms with E-state index < -0.39 is 0 Å². The minimum absolute atomic E-state index is 0.248. The Labute approximate surface area is 161 Å². The van der Waals surface area contributed by atoms with Crippen molar-refractivity contribution in [1.82, 2.24) is 9.97 Å². The lowest BCUT2D eigenvalue weighted by Gasteiger charge is -2.10. The van der Waals surface area contributed by atoms with Crippen molar-refractivity contribution in [3.8, 4) is 11.5 Å². The van der Waals surface area contributed by atoms with Crippen LogP contribution < -0.4 is 5.32 Å². The van der Waals surface area contributed by atoms with E-state index in [2.05, 4.69) is 15.3 Å². The van der Waals surface area contributed by atoms with Crippen molar-refractivity contribution in [1.29, 1.82) is 0 Å². The van der Waals surface area contributed by atoms with Crippen LogP contribution in [0.15, 0.2) is 59.1 Å². The van der Waals surface area contributed by atoms with Gasteiger partial charge in [0.2, 0.25) is 5.89 Å². The van der Waals surface area contributed by atoms with E-state index in [0.717, 1.165) is 16.7 Å². The fourth-order valence-electron chi connectivity index (χ4n) is 2.82. The van der Waals surface area contributed by atoms with Crippen LogP contribution in [0.5, 0.6) is 0 Å². The SMILES string of the molecule is Cc1ccc(C(=O)Nc2ccc(-c3nc4ncccc4o3)cc2C)c(Cl)c1. The average molecular weight is 378 g/mol. The summed E-state index contributed by atoms with van der Waals surface area (Å²) in [6.45, 7) is 3.84. The number of nitrogens with one attached hydrogen (secondary N) is 1. The highest BCUT2D eigenvalue weighted by Crippen LogP contribution is 2.27. The number of rotatable bonds is 3. The van der Waals surface area contributed by atoms with E-state index in [-0.39, 0.29) is 5.91 Å². The first kappa shape index (κ1) is 17.2. The molecule has 4 rings (SSSR count). The molecule has 134 valence electrons. The molecule has 0 aliphatic carbocycles. The highest BCUT2D eigenvalue weighted by molar-refractivity contribution is 6.34. The summed E-state index contributed by atoms with van der Waals surface area (Å²) in [6.07, 6.45) is 1.68. The Balaban J connectivity index is 1.60. The number of carbonyl (C=O) groups is 1. The van der Waals surface area contributed by atoms with Crippen LogP contribution in [0.2, 0.25) is 5.02 Å². The van der Waals surface area contributed by atoms with Gasteiger partial charge in [-0.1, -0.05) is 17.7 Å². The van der Waals surface area contributed by atoms with Crippen LogP contribution >= 0.6 is 11.6 Å². The quantitative estimate of drug-likeness (QED) is 0.518. The maximum Gasteiger partial charge on any atom is 0.257 e. The Bertz CT molecular complexity index is 1130. The predicted octanol–water partition coefficient (Wildman–Crippen LogP) is 5.41. The lowest BCUT2D eigenvalue weighted by atomic mass is 10.1. The molecular weight excluding hydrogens is 362 g/mol. The summed E-state index contributed by atoms with van der Waals surface area (Å²) in [4.78, 5) is 21.1. The van der Waals surface area contributed by atoms with Gasteiger partial charge in [-0.05, 0) is 67.4 Å². The maximum absolute atomic E-state index is 12.5. The van der Waals surface area contributed by atoms with Gasteiger partial charge in [-0.15, -0.1) is 0 Å². The molecule has 5 nitrogen and oxygen atoms in total. The van der Waals surface area contributed by atoms with Gasteiger partial charge in [-0.25, -0.2) is 4.98 Å². The van der Waals surface area contributed by atoms with E-state index in [4.69, 9.17) is 16.0 Å². The van der Waals surface area contributed by atoms with Gasteiger partial charge in [0.1, 0.15) is 0 Å². The molecule has 2 heterocycles. The Kier molecular flexibility index (Phi) is 4.38. The number of aromatic nitrogens is 2. The largest absolute Gasteiger partial charge is 0.434 e. The minimum atomic E-state index is -0.248. The number of benzene rings is 2. The zero-order valence-corrected chi connectivity index (χ0v) is 15.5. The number of oxazole rings is 1. The van der Waals surface area contributed by atoms with Crippen LogP contribution in [-0.2, 0) is 0 Å². The Hall–Kier alpha value is -3.18. The van der Waals surface area contributed by atoms with E-state index in [1.54, 1.807) is 24.4 Å². The molecule has 0 bridgehead atoms. The van der Waals surface area contributed by atoms with E-state index in [1.165, 1.54) is 0 Å². The van der Waals surface area contributed by atoms with Crippen LogP contribution in [0.3, 0.4) is 0 Å². The second-order valence-electron chi connectivity index (χ2n) is 6.31. The summed E-state index contributed by atoms with van der Waals surface area (Å²) in [5, 5.41) is 3.34.